The van der Waals surface area contributed by atoms with Crippen LogP contribution in [0.1, 0.15) is 102 Å². The molecule has 0 aromatic heterocycles. The maximum Gasteiger partial charge on any atom is 0.408 e. The predicted octanol–water partition coefficient (Wildman–Crippen LogP) is 5.58. The van der Waals surface area contributed by atoms with Crippen LogP contribution in [-0.4, -0.2) is 48.0 Å². The van der Waals surface area contributed by atoms with Gasteiger partial charge in [-0.15, -0.1) is 0 Å². The highest BCUT2D eigenvalue weighted by atomic mass is 16.6. The molecule has 0 spiro atoms. The molecule has 1 atom stereocenters. The Balaban J connectivity index is 3.20. The third kappa shape index (κ3) is 12.1. The Kier molecular flexibility index (Phi) is 13.4. The van der Waals surface area contributed by atoms with Crippen LogP contribution in [0.15, 0.2) is 18.2 Å². The minimum Gasteiger partial charge on any atom is -0.444 e. The number of nitrogens with zero attached hydrogens (tertiary/aromatic N) is 1. The zero-order chi connectivity index (χ0) is 26.4. The normalized spacial score (nSPS) is 12.1. The number of nitrogens with one attached hydrogen (secondary N) is 2. The Labute approximate surface area is 212 Å². The van der Waals surface area contributed by atoms with E-state index in [9.17, 15) is 14.4 Å². The lowest BCUT2D eigenvalue weighted by Crippen LogP contribution is -2.48. The van der Waals surface area contributed by atoms with Crippen LogP contribution in [0.5, 0.6) is 0 Å². The second-order valence-corrected chi connectivity index (χ2v) is 10.3. The number of aryl methyl sites for hydroxylation is 2. The van der Waals surface area contributed by atoms with Gasteiger partial charge in [-0.2, -0.15) is 0 Å². The molecule has 7 heteroatoms. The molecular weight excluding hydrogens is 442 g/mol. The van der Waals surface area contributed by atoms with Crippen molar-refractivity contribution in [3.05, 3.63) is 34.9 Å². The van der Waals surface area contributed by atoms with Crippen LogP contribution in [-0.2, 0) is 14.3 Å². The van der Waals surface area contributed by atoms with Crippen molar-refractivity contribution in [1.82, 2.24) is 15.5 Å². The Hall–Kier alpha value is -2.57. The van der Waals surface area contributed by atoms with Crippen molar-refractivity contribution >= 4 is 17.9 Å². The average molecular weight is 490 g/mol. The van der Waals surface area contributed by atoms with Gasteiger partial charge in [0.25, 0.3) is 0 Å². The smallest absolute Gasteiger partial charge is 0.408 e. The lowest BCUT2D eigenvalue weighted by Gasteiger charge is -2.32. The highest BCUT2D eigenvalue weighted by Crippen LogP contribution is 2.25. The van der Waals surface area contributed by atoms with E-state index in [-0.39, 0.29) is 18.4 Å². The molecule has 1 aromatic carbocycles. The topological polar surface area (TPSA) is 87.7 Å². The average Bonchev–Trinajstić information content (AvgIpc) is 2.74. The third-order valence-corrected chi connectivity index (χ3v) is 5.56. The molecular formula is C28H47N3O4. The Morgan fingerprint density at radius 2 is 1.49 bits per heavy atom. The van der Waals surface area contributed by atoms with Crippen LogP contribution < -0.4 is 10.6 Å². The fourth-order valence-corrected chi connectivity index (χ4v) is 3.97. The van der Waals surface area contributed by atoms with E-state index in [1.807, 2.05) is 26.0 Å². The fourth-order valence-electron chi connectivity index (χ4n) is 3.97. The van der Waals surface area contributed by atoms with Crippen LogP contribution >= 0.6 is 0 Å². The van der Waals surface area contributed by atoms with Crippen LogP contribution in [0.4, 0.5) is 4.79 Å². The standard InChI is InChI=1S/C28H47N3O4/c1-8-10-12-13-14-16-31(24(32)20-30-27(34)35-28(5,6)7)25(26(33)29-15-11-9-2)23-18-21(3)17-22(4)19-23/h17-19,25H,8-16,20H2,1-7H3,(H,29,33)(H,30,34). The third-order valence-electron chi connectivity index (χ3n) is 5.56. The maximum absolute atomic E-state index is 13.4. The van der Waals surface area contributed by atoms with Gasteiger partial charge in [0, 0.05) is 13.1 Å². The van der Waals surface area contributed by atoms with E-state index in [0.717, 1.165) is 61.6 Å². The van der Waals surface area contributed by atoms with Gasteiger partial charge in [0.05, 0.1) is 0 Å². The molecule has 2 N–H and O–H groups in total. The van der Waals surface area contributed by atoms with Crippen LogP contribution in [0, 0.1) is 13.8 Å². The van der Waals surface area contributed by atoms with E-state index in [1.54, 1.807) is 25.7 Å². The van der Waals surface area contributed by atoms with Gasteiger partial charge < -0.3 is 20.3 Å². The molecule has 0 radical (unpaired) electrons. The van der Waals surface area contributed by atoms with Crippen molar-refractivity contribution in [2.24, 2.45) is 0 Å². The molecule has 0 aliphatic rings. The van der Waals surface area contributed by atoms with E-state index in [2.05, 4.69) is 30.5 Å². The first-order chi connectivity index (χ1) is 16.5. The molecule has 0 heterocycles. The van der Waals surface area contributed by atoms with E-state index in [4.69, 9.17) is 4.74 Å². The summed E-state index contributed by atoms with van der Waals surface area (Å²) in [5.74, 6) is -0.497. The molecule has 0 fully saturated rings. The Morgan fingerprint density at radius 3 is 2.06 bits per heavy atom. The van der Waals surface area contributed by atoms with Gasteiger partial charge >= 0.3 is 6.09 Å². The first-order valence-electron chi connectivity index (χ1n) is 13.1. The summed E-state index contributed by atoms with van der Waals surface area (Å²) in [5, 5.41) is 5.58. The van der Waals surface area contributed by atoms with Crippen LogP contribution in [0.25, 0.3) is 0 Å². The van der Waals surface area contributed by atoms with Gasteiger partial charge in [0.15, 0.2) is 0 Å². The SMILES string of the molecule is CCCCCCCN(C(=O)CNC(=O)OC(C)(C)C)C(C(=O)NCCCC)c1cc(C)cc(C)c1. The van der Waals surface area contributed by atoms with Crippen molar-refractivity contribution in [3.8, 4) is 0 Å². The van der Waals surface area contributed by atoms with Crippen LogP contribution in [0.3, 0.4) is 0 Å². The van der Waals surface area contributed by atoms with Crippen molar-refractivity contribution in [2.45, 2.75) is 105 Å². The lowest BCUT2D eigenvalue weighted by atomic mass is 9.98. The molecule has 0 saturated heterocycles. The van der Waals surface area contributed by atoms with Crippen molar-refractivity contribution in [1.29, 1.82) is 0 Å². The number of hydrogen-bond donors (Lipinski definition) is 2. The number of ether oxygens (including phenoxy) is 1. The fraction of sp³-hybridized carbons (Fsp3) is 0.679. The summed E-state index contributed by atoms with van der Waals surface area (Å²) in [6.07, 6.45) is 6.33. The first kappa shape index (κ1) is 30.5. The van der Waals surface area contributed by atoms with Crippen molar-refractivity contribution in [2.75, 3.05) is 19.6 Å². The number of hydrogen-bond acceptors (Lipinski definition) is 4. The number of benzene rings is 1. The van der Waals surface area contributed by atoms with E-state index in [0.29, 0.717) is 13.1 Å². The van der Waals surface area contributed by atoms with Crippen LogP contribution in [0.2, 0.25) is 0 Å². The first-order valence-corrected chi connectivity index (χ1v) is 13.1. The number of carbonyl (C=O) groups excluding carboxylic acids is 3. The van der Waals surface area contributed by atoms with Gasteiger partial charge in [-0.25, -0.2) is 4.79 Å². The van der Waals surface area contributed by atoms with Gasteiger partial charge in [0.1, 0.15) is 18.2 Å². The van der Waals surface area contributed by atoms with E-state index in [1.165, 1.54) is 0 Å². The minimum atomic E-state index is -0.760. The molecule has 1 unspecified atom stereocenters. The largest absolute Gasteiger partial charge is 0.444 e. The molecule has 1 rings (SSSR count). The minimum absolute atomic E-state index is 0.192. The summed E-state index contributed by atoms with van der Waals surface area (Å²) in [7, 11) is 0. The molecule has 198 valence electrons. The molecule has 1 aromatic rings. The summed E-state index contributed by atoms with van der Waals surface area (Å²) in [6.45, 7) is 14.3. The molecule has 0 aliphatic heterocycles. The summed E-state index contributed by atoms with van der Waals surface area (Å²) >= 11 is 0. The molecule has 0 bridgehead atoms. The van der Waals surface area contributed by atoms with E-state index < -0.39 is 17.7 Å². The second kappa shape index (κ2) is 15.4. The monoisotopic (exact) mass is 489 g/mol. The quantitative estimate of drug-likeness (QED) is 0.334. The zero-order valence-electron chi connectivity index (χ0n) is 23.0. The number of amides is 3. The van der Waals surface area contributed by atoms with Gasteiger partial charge in [0.2, 0.25) is 11.8 Å². The number of carbonyl (C=O) groups is 3. The lowest BCUT2D eigenvalue weighted by molar-refractivity contribution is -0.140. The molecule has 0 aliphatic carbocycles. The Morgan fingerprint density at radius 1 is 0.886 bits per heavy atom. The number of unbranched alkanes of at least 4 members (excludes halogenated alkanes) is 5. The molecule has 3 amide bonds. The highest BCUT2D eigenvalue weighted by Gasteiger charge is 2.31. The second-order valence-electron chi connectivity index (χ2n) is 10.3. The van der Waals surface area contributed by atoms with Gasteiger partial charge in [-0.05, 0) is 53.0 Å². The molecule has 35 heavy (non-hydrogen) atoms. The number of rotatable bonds is 14. The number of alkyl carbamates (subject to hydrolysis) is 1. The highest BCUT2D eigenvalue weighted by molar-refractivity contribution is 5.90. The predicted molar refractivity (Wildman–Crippen MR) is 141 cm³/mol. The summed E-state index contributed by atoms with van der Waals surface area (Å²) in [4.78, 5) is 40.7. The van der Waals surface area contributed by atoms with Crippen molar-refractivity contribution < 1.29 is 19.1 Å². The summed E-state index contributed by atoms with van der Waals surface area (Å²) in [5.41, 5.74) is 2.20. The molecule has 7 nitrogen and oxygen atoms in total. The van der Waals surface area contributed by atoms with Crippen molar-refractivity contribution in [3.63, 3.8) is 0 Å². The van der Waals surface area contributed by atoms with Gasteiger partial charge in [-0.1, -0.05) is 75.3 Å². The zero-order valence-corrected chi connectivity index (χ0v) is 23.0. The Bertz CT molecular complexity index is 797. The van der Waals surface area contributed by atoms with E-state index >= 15 is 0 Å². The maximum atomic E-state index is 13.4. The summed E-state index contributed by atoms with van der Waals surface area (Å²) in [6, 6.07) is 5.23. The summed E-state index contributed by atoms with van der Waals surface area (Å²) < 4.78 is 5.28. The molecule has 0 saturated carbocycles. The van der Waals surface area contributed by atoms with Gasteiger partial charge in [-0.3, -0.25) is 9.59 Å².